The molecule has 164 valence electrons. The zero-order valence-corrected chi connectivity index (χ0v) is 19.3. The van der Waals surface area contributed by atoms with Gasteiger partial charge in [0.05, 0.1) is 17.2 Å². The summed E-state index contributed by atoms with van der Waals surface area (Å²) < 4.78 is 32.0. The zero-order valence-electron chi connectivity index (χ0n) is 17.7. The van der Waals surface area contributed by atoms with Gasteiger partial charge < -0.3 is 4.74 Å². The van der Waals surface area contributed by atoms with Crippen molar-refractivity contribution < 1.29 is 17.9 Å². The van der Waals surface area contributed by atoms with Crippen molar-refractivity contribution in [2.75, 3.05) is 25.0 Å². The van der Waals surface area contributed by atoms with Gasteiger partial charge in [0.2, 0.25) is 10.0 Å². The van der Waals surface area contributed by atoms with Crippen LogP contribution in [0.25, 0.3) is 11.3 Å². The van der Waals surface area contributed by atoms with E-state index < -0.39 is 10.0 Å². The number of amides is 1. The molecule has 1 heterocycles. The maximum atomic E-state index is 12.6. The highest BCUT2D eigenvalue weighted by Gasteiger charge is 2.21. The van der Waals surface area contributed by atoms with Crippen LogP contribution in [-0.2, 0) is 10.0 Å². The van der Waals surface area contributed by atoms with Crippen molar-refractivity contribution in [3.63, 3.8) is 0 Å². The second kappa shape index (κ2) is 10.0. The molecular weight excluding hydrogens is 434 g/mol. The van der Waals surface area contributed by atoms with Crippen LogP contribution in [0.1, 0.15) is 31.1 Å². The van der Waals surface area contributed by atoms with E-state index in [9.17, 15) is 13.2 Å². The highest BCUT2D eigenvalue weighted by atomic mass is 32.2. The SMILES string of the molecule is CCOc1ccc(-c2csc(NC(=O)c3ccc(S(=O)(=O)N(CC)CC)cc3)n2)cc1. The van der Waals surface area contributed by atoms with Gasteiger partial charge in [-0.1, -0.05) is 13.8 Å². The minimum absolute atomic E-state index is 0.166. The quantitative estimate of drug-likeness (QED) is 0.509. The molecule has 1 amide bonds. The Hall–Kier alpha value is -2.75. The molecule has 0 aliphatic rings. The number of sulfonamides is 1. The van der Waals surface area contributed by atoms with Gasteiger partial charge in [0, 0.05) is 29.6 Å². The molecule has 1 aromatic heterocycles. The highest BCUT2D eigenvalue weighted by Crippen LogP contribution is 2.27. The van der Waals surface area contributed by atoms with Gasteiger partial charge in [-0.05, 0) is 55.5 Å². The fourth-order valence-corrected chi connectivity index (χ4v) is 5.19. The van der Waals surface area contributed by atoms with Gasteiger partial charge in [-0.3, -0.25) is 10.1 Å². The van der Waals surface area contributed by atoms with E-state index in [-0.39, 0.29) is 10.8 Å². The van der Waals surface area contributed by atoms with Gasteiger partial charge in [-0.25, -0.2) is 13.4 Å². The van der Waals surface area contributed by atoms with E-state index in [2.05, 4.69) is 10.3 Å². The summed E-state index contributed by atoms with van der Waals surface area (Å²) in [7, 11) is -3.55. The van der Waals surface area contributed by atoms with Gasteiger partial charge in [-0.15, -0.1) is 11.3 Å². The van der Waals surface area contributed by atoms with Crippen molar-refractivity contribution in [2.45, 2.75) is 25.7 Å². The topological polar surface area (TPSA) is 88.6 Å². The number of hydrogen-bond donors (Lipinski definition) is 1. The van der Waals surface area contributed by atoms with Crippen LogP contribution in [0.5, 0.6) is 5.75 Å². The molecule has 3 aromatic rings. The lowest BCUT2D eigenvalue weighted by Crippen LogP contribution is -2.30. The van der Waals surface area contributed by atoms with Crippen LogP contribution < -0.4 is 10.1 Å². The Balaban J connectivity index is 1.69. The Labute approximate surface area is 186 Å². The van der Waals surface area contributed by atoms with E-state index in [0.717, 1.165) is 17.0 Å². The normalized spacial score (nSPS) is 11.5. The summed E-state index contributed by atoms with van der Waals surface area (Å²) in [5, 5.41) is 5.10. The first-order valence-electron chi connectivity index (χ1n) is 9.99. The summed E-state index contributed by atoms with van der Waals surface area (Å²) in [6, 6.07) is 13.5. The van der Waals surface area contributed by atoms with Crippen molar-refractivity contribution in [3.05, 3.63) is 59.5 Å². The largest absolute Gasteiger partial charge is 0.494 e. The molecule has 0 radical (unpaired) electrons. The fourth-order valence-electron chi connectivity index (χ4n) is 3.01. The predicted molar refractivity (Wildman–Crippen MR) is 123 cm³/mol. The third-order valence-corrected chi connectivity index (χ3v) is 7.47. The predicted octanol–water partition coefficient (Wildman–Crippen LogP) is 4.49. The second-order valence-electron chi connectivity index (χ2n) is 6.56. The summed E-state index contributed by atoms with van der Waals surface area (Å²) in [6.07, 6.45) is 0. The van der Waals surface area contributed by atoms with E-state index in [1.54, 1.807) is 13.8 Å². The third-order valence-electron chi connectivity index (χ3n) is 4.65. The first-order chi connectivity index (χ1) is 14.9. The molecule has 1 N–H and O–H groups in total. The third kappa shape index (κ3) is 5.30. The molecule has 0 bridgehead atoms. The van der Waals surface area contributed by atoms with Crippen molar-refractivity contribution in [3.8, 4) is 17.0 Å². The van der Waals surface area contributed by atoms with Crippen molar-refractivity contribution in [1.82, 2.24) is 9.29 Å². The summed E-state index contributed by atoms with van der Waals surface area (Å²) in [5.41, 5.74) is 2.03. The van der Waals surface area contributed by atoms with E-state index in [1.165, 1.54) is 39.9 Å². The molecule has 3 rings (SSSR count). The number of thiazole rings is 1. The monoisotopic (exact) mass is 459 g/mol. The Bertz CT molecular complexity index is 1120. The van der Waals surface area contributed by atoms with Crippen LogP contribution >= 0.6 is 11.3 Å². The summed E-state index contributed by atoms with van der Waals surface area (Å²) in [4.78, 5) is 17.2. The van der Waals surface area contributed by atoms with Crippen molar-refractivity contribution >= 4 is 32.4 Å². The molecule has 0 aliphatic carbocycles. The van der Waals surface area contributed by atoms with Crippen LogP contribution in [0.15, 0.2) is 58.8 Å². The number of carbonyl (C=O) groups is 1. The number of nitrogens with one attached hydrogen (secondary N) is 1. The fraction of sp³-hybridized carbons (Fsp3) is 0.273. The Morgan fingerprint density at radius 1 is 1.03 bits per heavy atom. The van der Waals surface area contributed by atoms with Gasteiger partial charge in [0.1, 0.15) is 5.75 Å². The molecule has 0 saturated heterocycles. The summed E-state index contributed by atoms with van der Waals surface area (Å²) in [5.74, 6) is 0.445. The van der Waals surface area contributed by atoms with Crippen molar-refractivity contribution in [2.24, 2.45) is 0 Å². The average molecular weight is 460 g/mol. The maximum Gasteiger partial charge on any atom is 0.257 e. The lowest BCUT2D eigenvalue weighted by atomic mass is 10.2. The van der Waals surface area contributed by atoms with Crippen LogP contribution in [0, 0.1) is 0 Å². The molecule has 0 fully saturated rings. The minimum Gasteiger partial charge on any atom is -0.494 e. The first-order valence-corrected chi connectivity index (χ1v) is 12.3. The number of ether oxygens (including phenoxy) is 1. The Morgan fingerprint density at radius 2 is 1.68 bits per heavy atom. The molecule has 7 nitrogen and oxygen atoms in total. The maximum absolute atomic E-state index is 12.6. The minimum atomic E-state index is -3.55. The number of rotatable bonds is 9. The summed E-state index contributed by atoms with van der Waals surface area (Å²) >= 11 is 1.32. The van der Waals surface area contributed by atoms with Crippen LogP contribution in [-0.4, -0.2) is 43.3 Å². The van der Waals surface area contributed by atoms with Crippen LogP contribution in [0.3, 0.4) is 0 Å². The van der Waals surface area contributed by atoms with Crippen LogP contribution in [0.2, 0.25) is 0 Å². The molecule has 0 spiro atoms. The number of carbonyl (C=O) groups excluding carboxylic acids is 1. The number of nitrogens with zero attached hydrogens (tertiary/aromatic N) is 2. The molecule has 2 aromatic carbocycles. The molecule has 31 heavy (non-hydrogen) atoms. The zero-order chi connectivity index (χ0) is 22.4. The van der Waals surface area contributed by atoms with Gasteiger partial charge in [-0.2, -0.15) is 4.31 Å². The number of anilines is 1. The molecular formula is C22H25N3O4S2. The van der Waals surface area contributed by atoms with Gasteiger partial charge in [0.15, 0.2) is 5.13 Å². The number of benzene rings is 2. The van der Waals surface area contributed by atoms with Gasteiger partial charge in [0.25, 0.3) is 5.91 Å². The average Bonchev–Trinajstić information content (AvgIpc) is 3.23. The molecule has 9 heteroatoms. The Morgan fingerprint density at radius 3 is 2.26 bits per heavy atom. The molecule has 0 aliphatic heterocycles. The van der Waals surface area contributed by atoms with E-state index >= 15 is 0 Å². The number of hydrogen-bond acceptors (Lipinski definition) is 6. The van der Waals surface area contributed by atoms with E-state index in [0.29, 0.717) is 30.4 Å². The first kappa shape index (κ1) is 22.9. The van der Waals surface area contributed by atoms with E-state index in [4.69, 9.17) is 4.74 Å². The molecule has 0 unspecified atom stereocenters. The van der Waals surface area contributed by atoms with E-state index in [1.807, 2.05) is 36.6 Å². The Kier molecular flexibility index (Phi) is 7.42. The van der Waals surface area contributed by atoms with Crippen molar-refractivity contribution in [1.29, 1.82) is 0 Å². The second-order valence-corrected chi connectivity index (χ2v) is 9.36. The molecule has 0 atom stereocenters. The summed E-state index contributed by atoms with van der Waals surface area (Å²) in [6.45, 7) is 6.90. The smallest absolute Gasteiger partial charge is 0.257 e. The molecule has 0 saturated carbocycles. The number of aromatic nitrogens is 1. The lowest BCUT2D eigenvalue weighted by Gasteiger charge is -2.18. The van der Waals surface area contributed by atoms with Gasteiger partial charge >= 0.3 is 0 Å². The standard InChI is InChI=1S/C22H25N3O4S2/c1-4-25(5-2)31(27,28)19-13-9-17(10-14-19)21(26)24-22-23-20(15-30-22)16-7-11-18(12-8-16)29-6-3/h7-15H,4-6H2,1-3H3,(H,23,24,26). The van der Waals surface area contributed by atoms with Crippen LogP contribution in [0.4, 0.5) is 5.13 Å². The highest BCUT2D eigenvalue weighted by molar-refractivity contribution is 7.89. The lowest BCUT2D eigenvalue weighted by molar-refractivity contribution is 0.102.